The molecular weight excluding hydrogens is 498 g/mol. The topological polar surface area (TPSA) is 73.9 Å². The fourth-order valence-electron chi connectivity index (χ4n) is 4.99. The molecule has 0 bridgehead atoms. The highest BCUT2D eigenvalue weighted by Crippen LogP contribution is 2.29. The molecule has 3 heterocycles. The lowest BCUT2D eigenvalue weighted by atomic mass is 10.1. The zero-order chi connectivity index (χ0) is 28.3. The molecule has 3 aromatic rings. The molecule has 208 valence electrons. The van der Waals surface area contributed by atoms with E-state index in [-0.39, 0.29) is 23.4 Å². The van der Waals surface area contributed by atoms with Crippen LogP contribution in [0.5, 0.6) is 0 Å². The van der Waals surface area contributed by atoms with Gasteiger partial charge in [0.15, 0.2) is 11.6 Å². The summed E-state index contributed by atoms with van der Waals surface area (Å²) in [6.45, 7) is 15.1. The average molecular weight is 537 g/mol. The Labute approximate surface area is 229 Å². The van der Waals surface area contributed by atoms with Gasteiger partial charge >= 0.3 is 0 Å². The zero-order valence-corrected chi connectivity index (χ0v) is 23.7. The first-order valence-electron chi connectivity index (χ1n) is 13.1. The Morgan fingerprint density at radius 2 is 2.00 bits per heavy atom. The number of anilines is 1. The lowest BCUT2D eigenvalue weighted by molar-refractivity contribution is 0.224. The van der Waals surface area contributed by atoms with Crippen molar-refractivity contribution in [1.29, 1.82) is 0 Å². The van der Waals surface area contributed by atoms with Crippen molar-refractivity contribution in [3.63, 3.8) is 0 Å². The summed E-state index contributed by atoms with van der Waals surface area (Å²) in [4.78, 5) is 21.8. The molecule has 10 heteroatoms. The van der Waals surface area contributed by atoms with E-state index in [0.717, 1.165) is 44.5 Å². The van der Waals surface area contributed by atoms with Crippen molar-refractivity contribution >= 4 is 29.3 Å². The molecule has 0 unspecified atom stereocenters. The molecule has 8 nitrogen and oxygen atoms in total. The smallest absolute Gasteiger partial charge is 0.167 e. The number of pyridine rings is 1. The van der Waals surface area contributed by atoms with Crippen LogP contribution in [0.2, 0.25) is 0 Å². The van der Waals surface area contributed by atoms with Crippen molar-refractivity contribution in [2.45, 2.75) is 46.2 Å². The second-order valence-electron chi connectivity index (χ2n) is 11.1. The molecule has 0 aliphatic carbocycles. The molecule has 1 aromatic carbocycles. The molecule has 0 saturated carbocycles. The first-order chi connectivity index (χ1) is 18.5. The van der Waals surface area contributed by atoms with Gasteiger partial charge in [-0.05, 0) is 72.3 Å². The van der Waals surface area contributed by atoms with E-state index in [4.69, 9.17) is 4.98 Å². The van der Waals surface area contributed by atoms with E-state index in [0.29, 0.717) is 22.7 Å². The quantitative estimate of drug-likeness (QED) is 0.393. The van der Waals surface area contributed by atoms with Crippen LogP contribution >= 0.6 is 0 Å². The predicted molar refractivity (Wildman–Crippen MR) is 155 cm³/mol. The fourth-order valence-corrected chi connectivity index (χ4v) is 4.99. The largest absolute Gasteiger partial charge is 0.351 e. The lowest BCUT2D eigenvalue weighted by Crippen LogP contribution is -2.36. The van der Waals surface area contributed by atoms with Gasteiger partial charge in [0.1, 0.15) is 29.5 Å². The number of hydrogen-bond acceptors (Lipinski definition) is 7. The van der Waals surface area contributed by atoms with Crippen molar-refractivity contribution in [2.24, 2.45) is 9.98 Å². The Morgan fingerprint density at radius 1 is 1.23 bits per heavy atom. The second-order valence-corrected chi connectivity index (χ2v) is 11.1. The molecule has 2 aromatic heterocycles. The number of nitrogens with one attached hydrogen (secondary N) is 1. The van der Waals surface area contributed by atoms with E-state index >= 15 is 8.78 Å². The van der Waals surface area contributed by atoms with Gasteiger partial charge in [-0.15, -0.1) is 0 Å². The molecular formula is C29H38F2N8. The van der Waals surface area contributed by atoms with E-state index in [1.165, 1.54) is 11.6 Å². The Kier molecular flexibility index (Phi) is 8.56. The maximum atomic E-state index is 15.2. The summed E-state index contributed by atoms with van der Waals surface area (Å²) in [6, 6.07) is 6.98. The lowest BCUT2D eigenvalue weighted by Gasteiger charge is -2.29. The Bertz CT molecular complexity index is 1410. The summed E-state index contributed by atoms with van der Waals surface area (Å²) in [5.74, 6) is 0.0922. The number of aryl methyl sites for hydroxylation is 1. The minimum Gasteiger partial charge on any atom is -0.351 e. The van der Waals surface area contributed by atoms with Gasteiger partial charge in [-0.25, -0.2) is 18.7 Å². The highest BCUT2D eigenvalue weighted by Gasteiger charge is 2.23. The predicted octanol–water partition coefficient (Wildman–Crippen LogP) is 4.92. The summed E-state index contributed by atoms with van der Waals surface area (Å²) in [5.41, 5.74) is 3.02. The first-order valence-corrected chi connectivity index (χ1v) is 13.1. The minimum absolute atomic E-state index is 0.0236. The van der Waals surface area contributed by atoms with Crippen molar-refractivity contribution in [3.8, 4) is 0 Å². The Balaban J connectivity index is 1.58. The molecule has 1 aliphatic heterocycles. The number of aromatic nitrogens is 3. The number of nitrogens with zero attached hydrogens (tertiary/aromatic N) is 7. The monoisotopic (exact) mass is 536 g/mol. The fraction of sp³-hybridized carbons (Fsp3) is 0.448. The van der Waals surface area contributed by atoms with Crippen LogP contribution in [0.25, 0.3) is 11.0 Å². The summed E-state index contributed by atoms with van der Waals surface area (Å²) >= 11 is 0. The molecule has 1 aliphatic rings. The minimum atomic E-state index is -0.708. The first kappa shape index (κ1) is 28.5. The molecule has 4 rings (SSSR count). The van der Waals surface area contributed by atoms with Crippen LogP contribution in [0.3, 0.4) is 0 Å². The number of imidazole rings is 1. The van der Waals surface area contributed by atoms with Gasteiger partial charge in [0.25, 0.3) is 0 Å². The summed E-state index contributed by atoms with van der Waals surface area (Å²) in [7, 11) is 4.16. The van der Waals surface area contributed by atoms with Crippen LogP contribution < -0.4 is 5.32 Å². The van der Waals surface area contributed by atoms with Crippen LogP contribution in [0.4, 0.5) is 14.6 Å². The van der Waals surface area contributed by atoms with E-state index in [1.54, 1.807) is 6.07 Å². The number of likely N-dealkylation sites (N-methyl/N-ethyl adjacent to an activating group) is 1. The van der Waals surface area contributed by atoms with Gasteiger partial charge in [-0.3, -0.25) is 14.9 Å². The van der Waals surface area contributed by atoms with Crippen LogP contribution in [0.1, 0.15) is 43.4 Å². The van der Waals surface area contributed by atoms with Gasteiger partial charge in [-0.1, -0.05) is 6.07 Å². The Morgan fingerprint density at radius 3 is 2.69 bits per heavy atom. The second kappa shape index (κ2) is 11.7. The summed E-state index contributed by atoms with van der Waals surface area (Å²) < 4.78 is 32.2. The Hall–Kier alpha value is -3.50. The van der Waals surface area contributed by atoms with Crippen molar-refractivity contribution < 1.29 is 8.78 Å². The van der Waals surface area contributed by atoms with Crippen LogP contribution in [-0.4, -0.2) is 77.2 Å². The SMILES string of the molecule is C=N/C=C(F)\C(=N/CNc1ccc2c(n1)CCN(CCN(C)C)C2)c1cc(F)c2nc(C)n(C(C)(C)C)c2c1. The van der Waals surface area contributed by atoms with Crippen molar-refractivity contribution in [1.82, 2.24) is 24.3 Å². The third kappa shape index (κ3) is 6.57. The van der Waals surface area contributed by atoms with Crippen molar-refractivity contribution in [2.75, 3.05) is 45.7 Å². The van der Waals surface area contributed by atoms with Gasteiger partial charge in [-0.2, -0.15) is 0 Å². The molecule has 0 spiro atoms. The number of halogens is 2. The summed E-state index contributed by atoms with van der Waals surface area (Å²) in [5, 5.41) is 3.16. The number of fused-ring (bicyclic) bond motifs is 2. The van der Waals surface area contributed by atoms with E-state index < -0.39 is 11.6 Å². The molecule has 0 fully saturated rings. The number of benzene rings is 1. The third-order valence-corrected chi connectivity index (χ3v) is 6.74. The molecule has 0 radical (unpaired) electrons. The van der Waals surface area contributed by atoms with Crippen LogP contribution in [0.15, 0.2) is 46.3 Å². The molecule has 39 heavy (non-hydrogen) atoms. The van der Waals surface area contributed by atoms with Gasteiger partial charge in [0.05, 0.1) is 11.7 Å². The molecule has 1 N–H and O–H groups in total. The molecule has 0 atom stereocenters. The van der Waals surface area contributed by atoms with Gasteiger partial charge in [0.2, 0.25) is 0 Å². The standard InChI is InChI=1S/C29H38F2N8/c1-19-35-28-22(30)14-21(15-25(28)39(19)29(2,3)4)27(23(31)16-32-5)34-18-33-26-9-8-20-17-38(13-12-37(6)7)11-10-24(20)36-26/h8-9,14-16H,5,10-13,17-18H2,1-4,6-7H3,(H,33,36)/b23-16+,34-27-. The number of rotatable bonds is 9. The van der Waals surface area contributed by atoms with Gasteiger partial charge in [0, 0.05) is 49.4 Å². The average Bonchev–Trinajstić information content (AvgIpc) is 3.22. The number of hydrogen-bond donors (Lipinski definition) is 1. The summed E-state index contributed by atoms with van der Waals surface area (Å²) in [6.07, 6.45) is 1.85. The van der Waals surface area contributed by atoms with E-state index in [1.807, 2.05) is 38.3 Å². The van der Waals surface area contributed by atoms with E-state index in [9.17, 15) is 0 Å². The molecule has 0 amide bonds. The maximum Gasteiger partial charge on any atom is 0.167 e. The highest BCUT2D eigenvalue weighted by molar-refractivity contribution is 6.12. The maximum absolute atomic E-state index is 15.2. The highest BCUT2D eigenvalue weighted by atomic mass is 19.1. The van der Waals surface area contributed by atoms with Crippen molar-refractivity contribution in [3.05, 3.63) is 64.8 Å². The van der Waals surface area contributed by atoms with E-state index in [2.05, 4.69) is 57.0 Å². The van der Waals surface area contributed by atoms with Gasteiger partial charge < -0.3 is 14.8 Å². The third-order valence-electron chi connectivity index (χ3n) is 6.74. The number of aliphatic imine (C=N–C) groups is 2. The number of allylic oxidation sites excluding steroid dienone is 1. The zero-order valence-electron chi connectivity index (χ0n) is 23.7. The van der Waals surface area contributed by atoms with Crippen LogP contribution in [0, 0.1) is 12.7 Å². The normalized spacial score (nSPS) is 15.2. The molecule has 0 saturated heterocycles. The van der Waals surface area contributed by atoms with Crippen LogP contribution in [-0.2, 0) is 18.5 Å².